The summed E-state index contributed by atoms with van der Waals surface area (Å²) in [6.07, 6.45) is 1.90. The number of amides is 1. The first kappa shape index (κ1) is 26.5. The van der Waals surface area contributed by atoms with E-state index in [0.717, 1.165) is 0 Å². The summed E-state index contributed by atoms with van der Waals surface area (Å²) in [6.45, 7) is 8.18. The summed E-state index contributed by atoms with van der Waals surface area (Å²) in [6, 6.07) is 5.53. The van der Waals surface area contributed by atoms with Gasteiger partial charge in [0.1, 0.15) is 12.3 Å². The molecule has 13 heteroatoms. The van der Waals surface area contributed by atoms with Gasteiger partial charge >= 0.3 is 5.97 Å². The second-order valence-corrected chi connectivity index (χ2v) is 14.6. The van der Waals surface area contributed by atoms with E-state index in [1.807, 2.05) is 6.92 Å². The molecule has 3 rings (SSSR count). The Hall–Kier alpha value is -3.12. The van der Waals surface area contributed by atoms with E-state index < -0.39 is 19.2 Å². The van der Waals surface area contributed by atoms with Gasteiger partial charge in [-0.1, -0.05) is 11.2 Å². The lowest BCUT2D eigenvalue weighted by Crippen LogP contribution is -2.63. The van der Waals surface area contributed by atoms with Gasteiger partial charge in [0.2, 0.25) is 5.91 Å². The topological polar surface area (TPSA) is 148 Å². The van der Waals surface area contributed by atoms with E-state index in [-0.39, 0.29) is 48.5 Å². The first-order chi connectivity index (χ1) is 16.5. The number of ether oxygens (including phenoxy) is 1. The Kier molecular flexibility index (Phi) is 8.38. The van der Waals surface area contributed by atoms with Crippen LogP contribution in [0.4, 0.5) is 5.69 Å². The number of benzene rings is 1. The maximum absolute atomic E-state index is 13.1. The number of nitro benzene ring substituents is 1. The maximum Gasteiger partial charge on any atom is 0.356 e. The molecule has 1 aromatic carbocycles. The molecule has 0 bridgehead atoms. The average molecular weight is 518 g/mol. The van der Waals surface area contributed by atoms with Gasteiger partial charge in [-0.15, -0.1) is 11.8 Å². The number of carbonyl (C=O) groups excluding carboxylic acids is 2. The molecule has 0 radical (unpaired) electrons. The van der Waals surface area contributed by atoms with Crippen LogP contribution in [-0.2, 0) is 25.4 Å². The Morgan fingerprint density at radius 1 is 1.40 bits per heavy atom. The third kappa shape index (κ3) is 6.31. The van der Waals surface area contributed by atoms with Crippen molar-refractivity contribution < 1.29 is 23.7 Å². The molecular formula is C22H27N5O6SSi. The van der Waals surface area contributed by atoms with Crippen molar-refractivity contribution in [2.24, 2.45) is 11.0 Å². The third-order valence-corrected chi connectivity index (χ3v) is 7.53. The lowest BCUT2D eigenvalue weighted by Gasteiger charge is -2.47. The van der Waals surface area contributed by atoms with Gasteiger partial charge in [0.05, 0.1) is 23.0 Å². The number of nitro groups is 1. The Balaban J connectivity index is 1.76. The molecule has 0 saturated carbocycles. The number of hydrogen-bond acceptors (Lipinski definition) is 8. The summed E-state index contributed by atoms with van der Waals surface area (Å²) in [5.74, 6) is -1.15. The van der Waals surface area contributed by atoms with Gasteiger partial charge in [0, 0.05) is 34.9 Å². The molecule has 1 saturated heterocycles. The van der Waals surface area contributed by atoms with E-state index in [0.29, 0.717) is 16.9 Å². The third-order valence-electron chi connectivity index (χ3n) is 5.48. The van der Waals surface area contributed by atoms with Crippen LogP contribution in [0.25, 0.3) is 10.4 Å². The number of rotatable bonds is 11. The summed E-state index contributed by atoms with van der Waals surface area (Å²) in [4.78, 5) is 41.4. The highest BCUT2D eigenvalue weighted by molar-refractivity contribution is 8.05. The molecule has 1 fully saturated rings. The van der Waals surface area contributed by atoms with Crippen LogP contribution >= 0.6 is 11.8 Å². The standard InChI is InChI=1S/C22H27N5O6SSi/c1-14(33-35(2,3)4)19-17-12-18(34-11-5-10-24-25-23)20(26(17)21(19)28)22(29)32-13-15-6-8-16(9-7-15)27(30)31/h5-9,11,14,17,19H,10,12-13H2,1-4H3/b11-5-/t14-,17-,19-/m1/s1. The minimum atomic E-state index is -1.86. The van der Waals surface area contributed by atoms with Crippen LogP contribution in [-0.4, -0.2) is 48.7 Å². The molecule has 2 aliphatic heterocycles. The normalized spacial score (nSPS) is 20.3. The Bertz CT molecular complexity index is 1110. The van der Waals surface area contributed by atoms with Crippen molar-refractivity contribution in [3.05, 3.63) is 72.5 Å². The molecular weight excluding hydrogens is 490 g/mol. The first-order valence-corrected chi connectivity index (χ1v) is 15.3. The van der Waals surface area contributed by atoms with Crippen LogP contribution < -0.4 is 0 Å². The zero-order valence-corrected chi connectivity index (χ0v) is 21.7. The van der Waals surface area contributed by atoms with E-state index in [2.05, 4.69) is 29.7 Å². The van der Waals surface area contributed by atoms with Crippen molar-refractivity contribution in [3.63, 3.8) is 0 Å². The number of carbonyl (C=O) groups is 2. The smallest absolute Gasteiger partial charge is 0.356 e. The molecule has 0 unspecified atom stereocenters. The first-order valence-electron chi connectivity index (χ1n) is 11.0. The summed E-state index contributed by atoms with van der Waals surface area (Å²) in [7, 11) is -1.86. The minimum absolute atomic E-state index is 0.0560. The van der Waals surface area contributed by atoms with Crippen molar-refractivity contribution in [3.8, 4) is 0 Å². The molecule has 0 spiro atoms. The van der Waals surface area contributed by atoms with Gasteiger partial charge in [0.15, 0.2) is 8.32 Å². The molecule has 1 aromatic rings. The van der Waals surface area contributed by atoms with Gasteiger partial charge in [-0.05, 0) is 55.2 Å². The molecule has 3 atom stereocenters. The van der Waals surface area contributed by atoms with Crippen molar-refractivity contribution in [2.75, 3.05) is 6.54 Å². The number of β-lactam (4-membered cyclic amide) rings is 1. The van der Waals surface area contributed by atoms with E-state index in [1.54, 1.807) is 11.5 Å². The largest absolute Gasteiger partial charge is 0.456 e. The zero-order chi connectivity index (χ0) is 25.8. The number of hydrogen-bond donors (Lipinski definition) is 0. The minimum Gasteiger partial charge on any atom is -0.456 e. The average Bonchev–Trinajstić information content (AvgIpc) is 3.10. The fraction of sp³-hybridized carbons (Fsp3) is 0.455. The van der Waals surface area contributed by atoms with E-state index in [1.165, 1.54) is 40.9 Å². The lowest BCUT2D eigenvalue weighted by atomic mass is 9.83. The van der Waals surface area contributed by atoms with E-state index >= 15 is 0 Å². The van der Waals surface area contributed by atoms with Gasteiger partial charge < -0.3 is 14.1 Å². The van der Waals surface area contributed by atoms with Crippen molar-refractivity contribution in [1.29, 1.82) is 0 Å². The van der Waals surface area contributed by atoms with Crippen LogP contribution in [0.3, 0.4) is 0 Å². The zero-order valence-electron chi connectivity index (χ0n) is 19.9. The number of non-ortho nitro benzene ring substituents is 1. The summed E-state index contributed by atoms with van der Waals surface area (Å²) >= 11 is 1.29. The Morgan fingerprint density at radius 3 is 2.69 bits per heavy atom. The summed E-state index contributed by atoms with van der Waals surface area (Å²) in [5, 5.41) is 16.0. The van der Waals surface area contributed by atoms with Crippen LogP contribution in [0.1, 0.15) is 18.9 Å². The SMILES string of the molecule is C[C@@H](O[Si](C)(C)C)[C@H]1C(=O)N2C(C(=O)OCc3ccc([N+](=O)[O-])cc3)=C(S/C=C\CN=[N+]=[N-])C[C@H]12. The fourth-order valence-electron chi connectivity index (χ4n) is 4.13. The number of thioether (sulfide) groups is 1. The molecule has 11 nitrogen and oxygen atoms in total. The molecule has 35 heavy (non-hydrogen) atoms. The quantitative estimate of drug-likeness (QED) is 0.0594. The van der Waals surface area contributed by atoms with Crippen molar-refractivity contribution in [2.45, 2.75) is 51.7 Å². The fourth-order valence-corrected chi connectivity index (χ4v) is 6.30. The van der Waals surface area contributed by atoms with Crippen LogP contribution in [0.15, 0.2) is 51.5 Å². The Morgan fingerprint density at radius 2 is 2.09 bits per heavy atom. The lowest BCUT2D eigenvalue weighted by molar-refractivity contribution is -0.384. The van der Waals surface area contributed by atoms with Crippen molar-refractivity contribution >= 4 is 37.6 Å². The predicted octanol–water partition coefficient (Wildman–Crippen LogP) is 4.88. The van der Waals surface area contributed by atoms with Gasteiger partial charge in [-0.25, -0.2) is 4.79 Å². The van der Waals surface area contributed by atoms with Crippen LogP contribution in [0.5, 0.6) is 0 Å². The van der Waals surface area contributed by atoms with Gasteiger partial charge in [-0.3, -0.25) is 14.9 Å². The highest BCUT2D eigenvalue weighted by Crippen LogP contribution is 2.48. The highest BCUT2D eigenvalue weighted by Gasteiger charge is 2.57. The number of fused-ring (bicyclic) bond motifs is 1. The second kappa shape index (κ2) is 11.1. The molecule has 2 aliphatic rings. The highest BCUT2D eigenvalue weighted by atomic mass is 32.2. The molecule has 1 amide bonds. The summed E-state index contributed by atoms with van der Waals surface area (Å²) in [5.41, 5.74) is 9.16. The number of esters is 1. The summed E-state index contributed by atoms with van der Waals surface area (Å²) < 4.78 is 11.6. The molecule has 0 aliphatic carbocycles. The predicted molar refractivity (Wildman–Crippen MR) is 133 cm³/mol. The van der Waals surface area contributed by atoms with Gasteiger partial charge in [-0.2, -0.15) is 0 Å². The second-order valence-electron chi connectivity index (χ2n) is 9.12. The monoisotopic (exact) mass is 517 g/mol. The Labute approximate surface area is 208 Å². The van der Waals surface area contributed by atoms with Crippen molar-refractivity contribution in [1.82, 2.24) is 4.90 Å². The molecule has 186 valence electrons. The molecule has 2 heterocycles. The van der Waals surface area contributed by atoms with E-state index in [9.17, 15) is 19.7 Å². The maximum atomic E-state index is 13.1. The number of azide groups is 1. The molecule has 0 aromatic heterocycles. The molecule has 0 N–H and O–H groups in total. The van der Waals surface area contributed by atoms with Crippen LogP contribution in [0.2, 0.25) is 19.6 Å². The van der Waals surface area contributed by atoms with E-state index in [4.69, 9.17) is 14.7 Å². The van der Waals surface area contributed by atoms with Gasteiger partial charge in [0.25, 0.3) is 5.69 Å². The van der Waals surface area contributed by atoms with Crippen LogP contribution in [0, 0.1) is 16.0 Å². The number of nitrogens with zero attached hydrogens (tertiary/aromatic N) is 5.